The molecule has 0 aliphatic carbocycles. The number of thiazole rings is 1. The number of aromatic nitrogens is 1. The maximum atomic E-state index is 12.9. The highest BCUT2D eigenvalue weighted by Crippen LogP contribution is 2.23. The molecule has 3 aromatic rings. The fraction of sp³-hybridized carbons (Fsp3) is 0.280. The number of hydrogen-bond donors (Lipinski definition) is 2. The van der Waals surface area contributed by atoms with Crippen LogP contribution in [0.3, 0.4) is 0 Å². The maximum Gasteiger partial charge on any atom is 0.254 e. The Morgan fingerprint density at radius 3 is 2.47 bits per heavy atom. The molecule has 0 aliphatic rings. The number of nitrogens with one attached hydrogen (secondary N) is 2. The number of amides is 3. The van der Waals surface area contributed by atoms with E-state index >= 15 is 0 Å². The lowest BCUT2D eigenvalue weighted by molar-refractivity contribution is -0.117. The van der Waals surface area contributed by atoms with Gasteiger partial charge >= 0.3 is 0 Å². The van der Waals surface area contributed by atoms with Crippen LogP contribution in [0.4, 0.5) is 10.8 Å². The van der Waals surface area contributed by atoms with Gasteiger partial charge in [-0.1, -0.05) is 29.3 Å². The first-order valence-corrected chi connectivity index (χ1v) is 12.6. The molecule has 0 spiro atoms. The summed E-state index contributed by atoms with van der Waals surface area (Å²) < 4.78 is 5.08. The number of methoxy groups -OCH3 is 1. The molecule has 0 aliphatic heterocycles. The number of ether oxygens (including phenoxy) is 1. The third kappa shape index (κ3) is 7.76. The summed E-state index contributed by atoms with van der Waals surface area (Å²) in [7, 11) is 1.51. The Morgan fingerprint density at radius 2 is 1.78 bits per heavy atom. The lowest BCUT2D eigenvalue weighted by Crippen LogP contribution is -2.40. The molecule has 3 rings (SSSR count). The highest BCUT2D eigenvalue weighted by molar-refractivity contribution is 7.13. The summed E-state index contributed by atoms with van der Waals surface area (Å²) in [6.45, 7) is 4.22. The molecule has 2 N–H and O–H groups in total. The second-order valence-electron chi connectivity index (χ2n) is 8.06. The van der Waals surface area contributed by atoms with Gasteiger partial charge < -0.3 is 20.3 Å². The smallest absolute Gasteiger partial charge is 0.254 e. The molecular weight excluding hydrogens is 523 g/mol. The van der Waals surface area contributed by atoms with Crippen LogP contribution in [0.25, 0.3) is 0 Å². The SMILES string of the molecule is COCCN(CC(=O)Nc1nc(CC(=O)Nc2ccc(C)c(C)c2)cs1)C(=O)c1ccc(Cl)c(Cl)c1. The summed E-state index contributed by atoms with van der Waals surface area (Å²) in [6, 6.07) is 10.2. The molecule has 190 valence electrons. The van der Waals surface area contributed by atoms with Crippen molar-refractivity contribution in [2.24, 2.45) is 0 Å². The predicted molar refractivity (Wildman–Crippen MR) is 143 cm³/mol. The minimum atomic E-state index is -0.431. The van der Waals surface area contributed by atoms with E-state index in [9.17, 15) is 14.4 Å². The predicted octanol–water partition coefficient (Wildman–Crippen LogP) is 4.98. The molecule has 0 bridgehead atoms. The summed E-state index contributed by atoms with van der Waals surface area (Å²) in [4.78, 5) is 43.7. The van der Waals surface area contributed by atoms with Gasteiger partial charge in [0.2, 0.25) is 11.8 Å². The molecule has 3 amide bonds. The number of carbonyl (C=O) groups is 3. The average Bonchev–Trinajstić information content (AvgIpc) is 3.26. The molecule has 0 radical (unpaired) electrons. The van der Waals surface area contributed by atoms with Gasteiger partial charge in [-0.3, -0.25) is 14.4 Å². The lowest BCUT2D eigenvalue weighted by atomic mass is 10.1. The summed E-state index contributed by atoms with van der Waals surface area (Å²) in [5.41, 5.74) is 3.78. The average molecular weight is 549 g/mol. The van der Waals surface area contributed by atoms with Crippen molar-refractivity contribution in [2.75, 3.05) is 37.4 Å². The van der Waals surface area contributed by atoms with Gasteiger partial charge in [-0.2, -0.15) is 0 Å². The quantitative estimate of drug-likeness (QED) is 0.372. The van der Waals surface area contributed by atoms with Crippen molar-refractivity contribution in [1.29, 1.82) is 0 Å². The second kappa shape index (κ2) is 12.8. The van der Waals surface area contributed by atoms with E-state index in [1.54, 1.807) is 11.4 Å². The minimum Gasteiger partial charge on any atom is -0.383 e. The Morgan fingerprint density at radius 1 is 1.00 bits per heavy atom. The van der Waals surface area contributed by atoms with E-state index in [1.807, 2.05) is 32.0 Å². The first-order chi connectivity index (χ1) is 17.2. The van der Waals surface area contributed by atoms with Crippen LogP contribution in [0.15, 0.2) is 41.8 Å². The maximum absolute atomic E-state index is 12.9. The Bertz CT molecular complexity index is 1260. The standard InChI is InChI=1S/C25H26Cl2N4O4S/c1-15-4-6-18(10-16(15)2)28-22(32)12-19-14-36-25(29-19)30-23(33)13-31(8-9-35-3)24(34)17-5-7-20(26)21(27)11-17/h4-7,10-11,14H,8-9,12-13H2,1-3H3,(H,28,32)(H,29,30,33). The minimum absolute atomic E-state index is 0.0646. The van der Waals surface area contributed by atoms with Crippen molar-refractivity contribution in [2.45, 2.75) is 20.3 Å². The van der Waals surface area contributed by atoms with E-state index in [0.29, 0.717) is 21.4 Å². The Hall–Kier alpha value is -2.98. The molecule has 2 aromatic carbocycles. The normalized spacial score (nSPS) is 10.7. The first kappa shape index (κ1) is 27.6. The van der Waals surface area contributed by atoms with Crippen molar-refractivity contribution in [3.8, 4) is 0 Å². The Labute approximate surface area is 223 Å². The highest BCUT2D eigenvalue weighted by atomic mass is 35.5. The molecule has 0 saturated carbocycles. The largest absolute Gasteiger partial charge is 0.383 e. The molecule has 11 heteroatoms. The van der Waals surface area contributed by atoms with Gasteiger partial charge in [0.1, 0.15) is 6.54 Å². The number of nitrogens with zero attached hydrogens (tertiary/aromatic N) is 2. The molecule has 0 unspecified atom stereocenters. The zero-order chi connectivity index (χ0) is 26.2. The molecular formula is C25H26Cl2N4O4S. The van der Waals surface area contributed by atoms with Gasteiger partial charge in [-0.15, -0.1) is 11.3 Å². The molecule has 8 nitrogen and oxygen atoms in total. The number of rotatable bonds is 10. The van der Waals surface area contributed by atoms with Crippen LogP contribution >= 0.6 is 34.5 Å². The zero-order valence-electron chi connectivity index (χ0n) is 20.1. The van der Waals surface area contributed by atoms with Crippen molar-refractivity contribution in [3.05, 3.63) is 74.2 Å². The molecule has 0 fully saturated rings. The van der Waals surface area contributed by atoms with E-state index in [0.717, 1.165) is 16.8 Å². The van der Waals surface area contributed by atoms with Crippen molar-refractivity contribution < 1.29 is 19.1 Å². The number of anilines is 2. The van der Waals surface area contributed by atoms with Gasteiger partial charge in [0.15, 0.2) is 5.13 Å². The summed E-state index contributed by atoms with van der Waals surface area (Å²) in [6.07, 6.45) is 0.0646. The van der Waals surface area contributed by atoms with E-state index in [4.69, 9.17) is 27.9 Å². The van der Waals surface area contributed by atoms with Crippen LogP contribution in [0.2, 0.25) is 10.0 Å². The monoisotopic (exact) mass is 548 g/mol. The van der Waals surface area contributed by atoms with E-state index in [-0.39, 0.29) is 43.0 Å². The Balaban J connectivity index is 1.58. The van der Waals surface area contributed by atoms with E-state index < -0.39 is 5.91 Å². The molecule has 0 atom stereocenters. The van der Waals surface area contributed by atoms with Crippen LogP contribution in [-0.2, 0) is 20.7 Å². The number of benzene rings is 2. The summed E-state index contributed by atoms with van der Waals surface area (Å²) in [5, 5.41) is 8.16. The van der Waals surface area contributed by atoms with Crippen LogP contribution in [-0.4, -0.2) is 54.4 Å². The highest BCUT2D eigenvalue weighted by Gasteiger charge is 2.20. The van der Waals surface area contributed by atoms with Gasteiger partial charge in [0.25, 0.3) is 5.91 Å². The van der Waals surface area contributed by atoms with E-state index in [2.05, 4.69) is 15.6 Å². The summed E-state index contributed by atoms with van der Waals surface area (Å²) in [5.74, 6) is -1.03. The third-order valence-corrected chi connectivity index (χ3v) is 6.83. The second-order valence-corrected chi connectivity index (χ2v) is 9.74. The van der Waals surface area contributed by atoms with Gasteiger partial charge in [-0.05, 0) is 55.3 Å². The number of hydrogen-bond acceptors (Lipinski definition) is 6. The molecule has 36 heavy (non-hydrogen) atoms. The van der Waals surface area contributed by atoms with Crippen molar-refractivity contribution >= 4 is 63.1 Å². The zero-order valence-corrected chi connectivity index (χ0v) is 22.4. The molecule has 1 heterocycles. The third-order valence-electron chi connectivity index (χ3n) is 5.28. The van der Waals surface area contributed by atoms with Gasteiger partial charge in [0, 0.05) is 30.3 Å². The molecule has 0 saturated heterocycles. The number of aryl methyl sites for hydroxylation is 2. The Kier molecular flexibility index (Phi) is 9.83. The van der Waals surface area contributed by atoms with Gasteiger partial charge in [-0.25, -0.2) is 4.98 Å². The number of carbonyl (C=O) groups excluding carboxylic acids is 3. The number of halogens is 2. The first-order valence-electron chi connectivity index (χ1n) is 11.0. The summed E-state index contributed by atoms with van der Waals surface area (Å²) >= 11 is 13.2. The van der Waals surface area contributed by atoms with Crippen LogP contribution in [0.5, 0.6) is 0 Å². The van der Waals surface area contributed by atoms with E-state index in [1.165, 1.54) is 35.5 Å². The fourth-order valence-corrected chi connectivity index (χ4v) is 4.26. The molecule has 1 aromatic heterocycles. The van der Waals surface area contributed by atoms with Crippen molar-refractivity contribution in [3.63, 3.8) is 0 Å². The van der Waals surface area contributed by atoms with Crippen LogP contribution in [0.1, 0.15) is 27.2 Å². The fourth-order valence-electron chi connectivity index (χ4n) is 3.23. The van der Waals surface area contributed by atoms with Crippen LogP contribution in [0, 0.1) is 13.8 Å². The van der Waals surface area contributed by atoms with Crippen molar-refractivity contribution in [1.82, 2.24) is 9.88 Å². The topological polar surface area (TPSA) is 101 Å². The lowest BCUT2D eigenvalue weighted by Gasteiger charge is -2.22. The van der Waals surface area contributed by atoms with Crippen LogP contribution < -0.4 is 10.6 Å². The van der Waals surface area contributed by atoms with Gasteiger partial charge in [0.05, 0.1) is 28.8 Å².